The lowest BCUT2D eigenvalue weighted by atomic mass is 9.89. The minimum Gasteiger partial charge on any atom is -0.326 e. The quantitative estimate of drug-likeness (QED) is 0.875. The molecule has 1 aliphatic heterocycles. The fourth-order valence-electron chi connectivity index (χ4n) is 2.91. The van der Waals surface area contributed by atoms with Crippen LogP contribution in [0.25, 0.3) is 0 Å². The summed E-state index contributed by atoms with van der Waals surface area (Å²) in [6.45, 7) is 0. The van der Waals surface area contributed by atoms with Crippen molar-refractivity contribution in [1.29, 1.82) is 0 Å². The molecule has 6 nitrogen and oxygen atoms in total. The molecule has 7 heteroatoms. The summed E-state index contributed by atoms with van der Waals surface area (Å²) in [6, 6.07) is 7.80. The van der Waals surface area contributed by atoms with Gasteiger partial charge in [-0.25, -0.2) is 0 Å². The molecule has 2 aliphatic rings. The maximum atomic E-state index is 12.1. The Balaban J connectivity index is 1.31. The van der Waals surface area contributed by atoms with Crippen molar-refractivity contribution in [3.63, 3.8) is 0 Å². The second-order valence-electron chi connectivity index (χ2n) is 6.35. The van der Waals surface area contributed by atoms with Crippen LogP contribution in [0.5, 0.6) is 0 Å². The number of fused-ring (bicyclic) bond motifs is 1. The zero-order valence-corrected chi connectivity index (χ0v) is 13.9. The van der Waals surface area contributed by atoms with Crippen molar-refractivity contribution in [2.75, 3.05) is 10.6 Å². The van der Waals surface area contributed by atoms with Crippen molar-refractivity contribution < 1.29 is 9.59 Å². The van der Waals surface area contributed by atoms with Crippen LogP contribution in [0, 0.1) is 5.92 Å². The maximum absolute atomic E-state index is 12.1. The summed E-state index contributed by atoms with van der Waals surface area (Å²) < 4.78 is 0. The highest BCUT2D eigenvalue weighted by atomic mass is 32.1. The first-order chi connectivity index (χ1) is 11.7. The van der Waals surface area contributed by atoms with Gasteiger partial charge < -0.3 is 10.6 Å². The molecular formula is C17H18N4O2S. The summed E-state index contributed by atoms with van der Waals surface area (Å²) in [6.07, 6.45) is 3.85. The fourth-order valence-corrected chi connectivity index (χ4v) is 3.84. The summed E-state index contributed by atoms with van der Waals surface area (Å²) in [5.74, 6) is 0.259. The van der Waals surface area contributed by atoms with Crippen molar-refractivity contribution in [1.82, 2.24) is 10.2 Å². The van der Waals surface area contributed by atoms with Gasteiger partial charge in [0.15, 0.2) is 0 Å². The van der Waals surface area contributed by atoms with Crippen LogP contribution < -0.4 is 10.6 Å². The van der Waals surface area contributed by atoms with Crippen LogP contribution in [0.15, 0.2) is 24.3 Å². The van der Waals surface area contributed by atoms with Crippen LogP contribution >= 0.6 is 11.3 Å². The third-order valence-corrected chi connectivity index (χ3v) is 5.45. The average Bonchev–Trinajstić information content (AvgIpc) is 3.33. The molecule has 0 saturated heterocycles. The number of amides is 2. The number of benzene rings is 1. The van der Waals surface area contributed by atoms with Gasteiger partial charge in [0.1, 0.15) is 5.01 Å². The molecule has 1 atom stereocenters. The van der Waals surface area contributed by atoms with Crippen LogP contribution in [-0.2, 0) is 16.0 Å². The highest BCUT2D eigenvalue weighted by Gasteiger charge is 2.28. The van der Waals surface area contributed by atoms with Crippen molar-refractivity contribution in [2.45, 2.75) is 38.0 Å². The Labute approximate surface area is 143 Å². The first kappa shape index (κ1) is 15.3. The number of rotatable bonds is 5. The average molecular weight is 342 g/mol. The zero-order chi connectivity index (χ0) is 16.5. The molecule has 2 heterocycles. The Morgan fingerprint density at radius 2 is 2.12 bits per heavy atom. The minimum atomic E-state index is -0.165. The molecule has 24 heavy (non-hydrogen) atoms. The molecule has 0 radical (unpaired) electrons. The van der Waals surface area contributed by atoms with Gasteiger partial charge in [-0.3, -0.25) is 9.59 Å². The van der Waals surface area contributed by atoms with Gasteiger partial charge in [-0.05, 0) is 37.3 Å². The topological polar surface area (TPSA) is 84.0 Å². The SMILES string of the molecule is O=C(CCC1Cc2ccccc2NC1=O)Nc1nnc(C2CC2)s1. The number of anilines is 2. The zero-order valence-electron chi connectivity index (χ0n) is 13.1. The summed E-state index contributed by atoms with van der Waals surface area (Å²) in [4.78, 5) is 24.2. The molecule has 124 valence electrons. The lowest BCUT2D eigenvalue weighted by molar-refractivity contribution is -0.121. The second-order valence-corrected chi connectivity index (χ2v) is 7.36. The number of nitrogens with zero attached hydrogens (tertiary/aromatic N) is 2. The molecule has 1 fully saturated rings. The molecule has 0 spiro atoms. The fraction of sp³-hybridized carbons (Fsp3) is 0.412. The number of carbonyl (C=O) groups excluding carboxylic acids is 2. The Morgan fingerprint density at radius 1 is 1.29 bits per heavy atom. The normalized spacial score (nSPS) is 19.5. The van der Waals surface area contributed by atoms with Crippen LogP contribution in [0.1, 0.15) is 42.2 Å². The molecule has 1 unspecified atom stereocenters. The van der Waals surface area contributed by atoms with Gasteiger partial charge >= 0.3 is 0 Å². The highest BCUT2D eigenvalue weighted by molar-refractivity contribution is 7.15. The van der Waals surface area contributed by atoms with E-state index in [1.54, 1.807) is 0 Å². The van der Waals surface area contributed by atoms with E-state index in [1.807, 2.05) is 24.3 Å². The number of hydrogen-bond acceptors (Lipinski definition) is 5. The minimum absolute atomic E-state index is 0.00608. The predicted molar refractivity (Wildman–Crippen MR) is 92.0 cm³/mol. The van der Waals surface area contributed by atoms with E-state index in [1.165, 1.54) is 24.2 Å². The molecule has 2 aromatic rings. The van der Waals surface area contributed by atoms with E-state index in [0.29, 0.717) is 30.3 Å². The lowest BCUT2D eigenvalue weighted by Crippen LogP contribution is -2.30. The Morgan fingerprint density at radius 3 is 2.96 bits per heavy atom. The van der Waals surface area contributed by atoms with Crippen molar-refractivity contribution in [3.05, 3.63) is 34.8 Å². The van der Waals surface area contributed by atoms with E-state index in [2.05, 4.69) is 20.8 Å². The first-order valence-corrected chi connectivity index (χ1v) is 9.03. The number of carbonyl (C=O) groups is 2. The van der Waals surface area contributed by atoms with Crippen LogP contribution in [0.2, 0.25) is 0 Å². The van der Waals surface area contributed by atoms with Gasteiger partial charge in [-0.15, -0.1) is 10.2 Å². The van der Waals surface area contributed by atoms with Crippen molar-refractivity contribution in [2.24, 2.45) is 5.92 Å². The van der Waals surface area contributed by atoms with Crippen molar-refractivity contribution in [3.8, 4) is 0 Å². The van der Waals surface area contributed by atoms with E-state index in [9.17, 15) is 9.59 Å². The summed E-state index contributed by atoms with van der Waals surface area (Å²) >= 11 is 1.45. The van der Waals surface area contributed by atoms with Gasteiger partial charge in [0.2, 0.25) is 16.9 Å². The molecule has 1 aromatic heterocycles. The van der Waals surface area contributed by atoms with Gasteiger partial charge in [0.25, 0.3) is 0 Å². The maximum Gasteiger partial charge on any atom is 0.227 e. The van der Waals surface area contributed by atoms with Gasteiger partial charge in [-0.1, -0.05) is 29.5 Å². The number of hydrogen-bond donors (Lipinski definition) is 2. The van der Waals surface area contributed by atoms with Gasteiger partial charge in [-0.2, -0.15) is 0 Å². The third kappa shape index (κ3) is 3.31. The standard InChI is InChI=1S/C17H18N4O2S/c22-14(19-17-21-20-16(24-17)10-5-6-10)8-7-12-9-11-3-1-2-4-13(11)18-15(12)23/h1-4,10,12H,5-9H2,(H,18,23)(H,19,21,22). The predicted octanol–water partition coefficient (Wildman–Crippen LogP) is 2.95. The van der Waals surface area contributed by atoms with Gasteiger partial charge in [0.05, 0.1) is 0 Å². The van der Waals surface area contributed by atoms with E-state index in [4.69, 9.17) is 0 Å². The molecule has 2 amide bonds. The molecule has 0 bridgehead atoms. The summed E-state index contributed by atoms with van der Waals surface area (Å²) in [7, 11) is 0. The Hall–Kier alpha value is -2.28. The number of nitrogens with one attached hydrogen (secondary N) is 2. The Bertz CT molecular complexity index is 784. The molecule has 1 aromatic carbocycles. The molecule has 1 aliphatic carbocycles. The molecular weight excluding hydrogens is 324 g/mol. The molecule has 2 N–H and O–H groups in total. The van der Waals surface area contributed by atoms with E-state index in [0.717, 1.165) is 16.3 Å². The third-order valence-electron chi connectivity index (χ3n) is 4.45. The van der Waals surface area contributed by atoms with Crippen molar-refractivity contribution >= 4 is 34.0 Å². The van der Waals surface area contributed by atoms with E-state index in [-0.39, 0.29) is 17.7 Å². The van der Waals surface area contributed by atoms with Crippen LogP contribution in [0.4, 0.5) is 10.8 Å². The number of aromatic nitrogens is 2. The van der Waals surface area contributed by atoms with Gasteiger partial charge in [0, 0.05) is 23.9 Å². The highest BCUT2D eigenvalue weighted by Crippen LogP contribution is 2.42. The molecule has 4 rings (SSSR count). The lowest BCUT2D eigenvalue weighted by Gasteiger charge is -2.24. The Kier molecular flexibility index (Phi) is 4.02. The summed E-state index contributed by atoms with van der Waals surface area (Å²) in [5, 5.41) is 15.4. The van der Waals surface area contributed by atoms with Crippen LogP contribution in [0.3, 0.4) is 0 Å². The van der Waals surface area contributed by atoms with E-state index >= 15 is 0 Å². The largest absolute Gasteiger partial charge is 0.326 e. The number of para-hydroxylation sites is 1. The smallest absolute Gasteiger partial charge is 0.227 e. The summed E-state index contributed by atoms with van der Waals surface area (Å²) in [5.41, 5.74) is 2.00. The molecule has 1 saturated carbocycles. The van der Waals surface area contributed by atoms with E-state index < -0.39 is 0 Å². The second kappa shape index (κ2) is 6.32. The monoisotopic (exact) mass is 342 g/mol. The first-order valence-electron chi connectivity index (χ1n) is 8.21. The van der Waals surface area contributed by atoms with Crippen LogP contribution in [-0.4, -0.2) is 22.0 Å².